The van der Waals surface area contributed by atoms with Crippen molar-refractivity contribution in [1.29, 1.82) is 0 Å². The van der Waals surface area contributed by atoms with Gasteiger partial charge in [0.15, 0.2) is 0 Å². The third-order valence-electron chi connectivity index (χ3n) is 3.61. The highest BCUT2D eigenvalue weighted by Gasteiger charge is 2.44. The van der Waals surface area contributed by atoms with Crippen LogP contribution in [0.4, 0.5) is 4.79 Å². The van der Waals surface area contributed by atoms with Crippen LogP contribution in [0.2, 0.25) is 0 Å². The molecule has 0 spiro atoms. The molecule has 1 saturated carbocycles. The van der Waals surface area contributed by atoms with E-state index >= 15 is 0 Å². The van der Waals surface area contributed by atoms with Crippen molar-refractivity contribution in [3.8, 4) is 0 Å². The van der Waals surface area contributed by atoms with Crippen LogP contribution in [0.5, 0.6) is 0 Å². The summed E-state index contributed by atoms with van der Waals surface area (Å²) in [6.07, 6.45) is 7.63. The van der Waals surface area contributed by atoms with Crippen LogP contribution in [-0.4, -0.2) is 24.2 Å². The summed E-state index contributed by atoms with van der Waals surface area (Å²) in [5, 5.41) is 2.64. The Kier molecular flexibility index (Phi) is 7.12. The largest absolute Gasteiger partial charge is 0.464 e. The van der Waals surface area contributed by atoms with Crippen molar-refractivity contribution in [2.45, 2.75) is 63.8 Å². The highest BCUT2D eigenvalue weighted by Crippen LogP contribution is 2.31. The molecule has 20 heavy (non-hydrogen) atoms. The lowest BCUT2D eigenvalue weighted by Gasteiger charge is -2.27. The van der Waals surface area contributed by atoms with Gasteiger partial charge >= 0.3 is 12.1 Å². The minimum absolute atomic E-state index is 0.340. The van der Waals surface area contributed by atoms with Gasteiger partial charge in [-0.15, -0.1) is 0 Å². The van der Waals surface area contributed by atoms with E-state index in [9.17, 15) is 9.59 Å². The number of unbranched alkanes of at least 4 members (excludes halogenated alkanes) is 3. The third-order valence-corrected chi connectivity index (χ3v) is 3.61. The zero-order valence-electron chi connectivity index (χ0n) is 12.3. The molecule has 0 heterocycles. The molecular weight excluding hydrogens is 258 g/mol. The molecule has 1 fully saturated rings. The van der Waals surface area contributed by atoms with E-state index in [1.54, 1.807) is 0 Å². The van der Waals surface area contributed by atoms with Gasteiger partial charge in [0.05, 0.1) is 12.9 Å². The van der Waals surface area contributed by atoms with E-state index in [2.05, 4.69) is 23.6 Å². The fourth-order valence-corrected chi connectivity index (χ4v) is 2.49. The second-order valence-electron chi connectivity index (χ2n) is 5.18. The Morgan fingerprint density at radius 1 is 1.25 bits per heavy atom. The zero-order valence-corrected chi connectivity index (χ0v) is 12.3. The number of nitrogens with one attached hydrogen (secondary N) is 1. The summed E-state index contributed by atoms with van der Waals surface area (Å²) in [4.78, 5) is 23.7. The number of rotatable bonds is 8. The fraction of sp³-hybridized carbons (Fsp3) is 0.733. The molecule has 0 radical (unpaired) electrons. The van der Waals surface area contributed by atoms with Gasteiger partial charge in [0.1, 0.15) is 5.54 Å². The van der Waals surface area contributed by atoms with Gasteiger partial charge in [-0.1, -0.05) is 45.6 Å². The van der Waals surface area contributed by atoms with Crippen molar-refractivity contribution >= 4 is 12.1 Å². The first-order valence-electron chi connectivity index (χ1n) is 7.41. The Morgan fingerprint density at radius 2 is 1.95 bits per heavy atom. The Bertz CT molecular complexity index is 335. The maximum atomic E-state index is 12.2. The van der Waals surface area contributed by atoms with Gasteiger partial charge in [0, 0.05) is 0 Å². The first-order valence-corrected chi connectivity index (χ1v) is 7.41. The van der Waals surface area contributed by atoms with Crippen molar-refractivity contribution < 1.29 is 19.1 Å². The lowest BCUT2D eigenvalue weighted by molar-refractivity contribution is -0.151. The second kappa shape index (κ2) is 8.61. The maximum Gasteiger partial charge on any atom is 0.412 e. The molecular formula is C15H25NO4. The minimum Gasteiger partial charge on any atom is -0.464 e. The predicted molar refractivity (Wildman–Crippen MR) is 76.1 cm³/mol. The van der Waals surface area contributed by atoms with Crippen LogP contribution in [-0.2, 0) is 14.3 Å². The monoisotopic (exact) mass is 283 g/mol. The molecule has 0 aromatic rings. The molecule has 1 N–H and O–H groups in total. The van der Waals surface area contributed by atoms with Crippen LogP contribution in [0.15, 0.2) is 12.8 Å². The van der Waals surface area contributed by atoms with Crippen LogP contribution in [0, 0.1) is 0 Å². The molecule has 5 heteroatoms. The Balaban J connectivity index is 2.45. The predicted octanol–water partition coefficient (Wildman–Crippen LogP) is 3.29. The quantitative estimate of drug-likeness (QED) is 0.422. The lowest BCUT2D eigenvalue weighted by Crippen LogP contribution is -2.53. The van der Waals surface area contributed by atoms with E-state index in [1.807, 2.05) is 0 Å². The average Bonchev–Trinajstić information content (AvgIpc) is 2.88. The molecule has 0 aromatic carbocycles. The van der Waals surface area contributed by atoms with Gasteiger partial charge in [0.2, 0.25) is 0 Å². The molecule has 1 amide bonds. The van der Waals surface area contributed by atoms with Crippen LogP contribution in [0.1, 0.15) is 58.3 Å². The molecule has 0 aliphatic heterocycles. The van der Waals surface area contributed by atoms with E-state index in [1.165, 1.54) is 0 Å². The molecule has 1 rings (SSSR count). The highest BCUT2D eigenvalue weighted by atomic mass is 16.6. The van der Waals surface area contributed by atoms with Gasteiger partial charge in [-0.3, -0.25) is 0 Å². The normalized spacial score (nSPS) is 16.4. The van der Waals surface area contributed by atoms with E-state index in [0.717, 1.165) is 44.8 Å². The summed E-state index contributed by atoms with van der Waals surface area (Å²) in [6, 6.07) is 0. The van der Waals surface area contributed by atoms with Gasteiger partial charge < -0.3 is 14.8 Å². The fourth-order valence-electron chi connectivity index (χ4n) is 2.49. The van der Waals surface area contributed by atoms with E-state index in [4.69, 9.17) is 4.74 Å². The molecule has 0 aromatic heterocycles. The number of hydrogen-bond acceptors (Lipinski definition) is 4. The van der Waals surface area contributed by atoms with Gasteiger partial charge in [-0.25, -0.2) is 9.59 Å². The van der Waals surface area contributed by atoms with Crippen molar-refractivity contribution in [1.82, 2.24) is 5.32 Å². The lowest BCUT2D eigenvalue weighted by atomic mass is 9.98. The number of carbonyl (C=O) groups is 2. The topological polar surface area (TPSA) is 64.6 Å². The maximum absolute atomic E-state index is 12.2. The summed E-state index contributed by atoms with van der Waals surface area (Å²) in [7, 11) is 0. The first-order chi connectivity index (χ1) is 9.64. The number of esters is 1. The first kappa shape index (κ1) is 16.5. The second-order valence-corrected chi connectivity index (χ2v) is 5.18. The number of alkyl carbamates (subject to hydrolysis) is 1. The van der Waals surface area contributed by atoms with Crippen molar-refractivity contribution in [2.75, 3.05) is 6.61 Å². The molecule has 0 saturated heterocycles. The highest BCUT2D eigenvalue weighted by molar-refractivity contribution is 5.86. The average molecular weight is 283 g/mol. The molecule has 1 aliphatic carbocycles. The van der Waals surface area contributed by atoms with E-state index < -0.39 is 11.6 Å². The number of carbonyl (C=O) groups excluding carboxylic acids is 2. The smallest absolute Gasteiger partial charge is 0.412 e. The molecule has 0 bridgehead atoms. The summed E-state index contributed by atoms with van der Waals surface area (Å²) in [5.41, 5.74) is -0.912. The van der Waals surface area contributed by atoms with Gasteiger partial charge in [0.25, 0.3) is 0 Å². The van der Waals surface area contributed by atoms with Crippen LogP contribution in [0.3, 0.4) is 0 Å². The Labute approximate surface area is 120 Å². The van der Waals surface area contributed by atoms with Gasteiger partial charge in [-0.2, -0.15) is 0 Å². The van der Waals surface area contributed by atoms with Crippen molar-refractivity contribution in [3.05, 3.63) is 12.8 Å². The Hall–Kier alpha value is -1.52. The number of hydrogen-bond donors (Lipinski definition) is 1. The van der Waals surface area contributed by atoms with Gasteiger partial charge in [-0.05, 0) is 19.3 Å². The summed E-state index contributed by atoms with van der Waals surface area (Å²) < 4.78 is 9.96. The van der Waals surface area contributed by atoms with Crippen LogP contribution in [0.25, 0.3) is 0 Å². The third kappa shape index (κ3) is 4.87. The zero-order chi connectivity index (χ0) is 14.8. The van der Waals surface area contributed by atoms with E-state index in [0.29, 0.717) is 19.4 Å². The molecule has 1 aliphatic rings. The molecule has 114 valence electrons. The van der Waals surface area contributed by atoms with Crippen molar-refractivity contribution in [3.63, 3.8) is 0 Å². The van der Waals surface area contributed by atoms with E-state index in [-0.39, 0.29) is 5.97 Å². The van der Waals surface area contributed by atoms with Crippen molar-refractivity contribution in [2.24, 2.45) is 0 Å². The SMILES string of the molecule is C=COC(=O)NC1(C(=O)OCCCCCC)CCCC1. The van der Waals surface area contributed by atoms with Crippen LogP contribution < -0.4 is 5.32 Å². The molecule has 0 unspecified atom stereocenters. The standard InChI is InChI=1S/C15H25NO4/c1-3-5-6-9-12-20-13(17)15(10-7-8-11-15)16-14(18)19-4-2/h4H,2-3,5-12H2,1H3,(H,16,18). The molecule has 5 nitrogen and oxygen atoms in total. The summed E-state index contributed by atoms with van der Waals surface area (Å²) in [5.74, 6) is -0.340. The summed E-state index contributed by atoms with van der Waals surface area (Å²) >= 11 is 0. The Morgan fingerprint density at radius 3 is 2.55 bits per heavy atom. The number of amides is 1. The number of ether oxygens (including phenoxy) is 2. The molecule has 0 atom stereocenters. The summed E-state index contributed by atoms with van der Waals surface area (Å²) in [6.45, 7) is 5.87. The minimum atomic E-state index is -0.912. The van der Waals surface area contributed by atoms with Crippen LogP contribution >= 0.6 is 0 Å².